The van der Waals surface area contributed by atoms with Crippen molar-refractivity contribution in [2.45, 2.75) is 0 Å². The van der Waals surface area contributed by atoms with Crippen LogP contribution in [-0.2, 0) is 9.59 Å². The third-order valence-electron chi connectivity index (χ3n) is 5.31. The Morgan fingerprint density at radius 2 is 1.67 bits per heavy atom. The number of nitro benzene ring substituents is 2. The van der Waals surface area contributed by atoms with E-state index in [9.17, 15) is 34.6 Å². The second-order valence-corrected chi connectivity index (χ2v) is 9.81. The number of halogens is 2. The fourth-order valence-electron chi connectivity index (χ4n) is 3.53. The number of rotatable bonds is 7. The van der Waals surface area contributed by atoms with Gasteiger partial charge in [-0.25, -0.2) is 9.69 Å². The number of nitrogens with zero attached hydrogens (tertiary/aromatic N) is 3. The minimum absolute atomic E-state index is 0.0586. The molecular weight excluding hydrogens is 695 g/mol. The number of carbonyl (C=O) groups excluding carboxylic acids is 3. The number of carbonyl (C=O) groups is 3. The third kappa shape index (κ3) is 5.73. The van der Waals surface area contributed by atoms with Crippen molar-refractivity contribution in [3.05, 3.63) is 94.0 Å². The Bertz CT molecular complexity index is 1590. The number of nitrogens with one attached hydrogen (secondary N) is 1. The molecule has 0 saturated carbocycles. The van der Waals surface area contributed by atoms with Gasteiger partial charge in [-0.1, -0.05) is 15.9 Å². The molecule has 4 amide bonds. The molecule has 15 heteroatoms. The fourth-order valence-corrected chi connectivity index (χ4v) is 4.53. The molecule has 198 valence electrons. The predicted octanol–water partition coefficient (Wildman–Crippen LogP) is 5.34. The van der Waals surface area contributed by atoms with Gasteiger partial charge in [-0.2, -0.15) is 0 Å². The zero-order valence-corrected chi connectivity index (χ0v) is 23.3. The first kappa shape index (κ1) is 27.6. The Morgan fingerprint density at radius 1 is 0.974 bits per heavy atom. The average Bonchev–Trinajstić information content (AvgIpc) is 2.88. The van der Waals surface area contributed by atoms with Gasteiger partial charge in [0.15, 0.2) is 11.5 Å². The SMILES string of the molecule is COc1cc(/C=C2/C(=O)NC(=O)N(c3ccc(Br)cc3)C2=O)cc(I)c1Oc1ccc([N+](=O)[O-])cc1[N+](=O)[O-]. The van der Waals surface area contributed by atoms with Crippen molar-refractivity contribution in [1.29, 1.82) is 0 Å². The van der Waals surface area contributed by atoms with Gasteiger partial charge < -0.3 is 9.47 Å². The van der Waals surface area contributed by atoms with Crippen LogP contribution in [0.3, 0.4) is 0 Å². The van der Waals surface area contributed by atoms with Gasteiger partial charge in [-0.15, -0.1) is 0 Å². The average molecular weight is 709 g/mol. The second-order valence-electron chi connectivity index (χ2n) is 7.74. The van der Waals surface area contributed by atoms with Gasteiger partial charge >= 0.3 is 11.7 Å². The number of barbiturate groups is 1. The number of nitro groups is 2. The summed E-state index contributed by atoms with van der Waals surface area (Å²) >= 11 is 5.15. The number of hydrogen-bond acceptors (Lipinski definition) is 9. The van der Waals surface area contributed by atoms with Crippen LogP contribution in [0, 0.1) is 23.8 Å². The van der Waals surface area contributed by atoms with E-state index in [1.807, 2.05) is 22.6 Å². The predicted molar refractivity (Wildman–Crippen MR) is 149 cm³/mol. The standard InChI is InChI=1S/C24H14BrIN4O9/c1-38-20-10-12(8-16-22(31)27-24(33)28(23(16)32)14-4-2-13(25)3-5-14)9-17(26)21(20)39-19-7-6-15(29(34)35)11-18(19)30(36)37/h2-11H,1H3,(H,27,31,33)/b16-8-. The number of urea groups is 1. The molecule has 0 aromatic heterocycles. The topological polar surface area (TPSA) is 171 Å². The molecule has 0 aliphatic carbocycles. The number of methoxy groups -OCH3 is 1. The molecule has 0 unspecified atom stereocenters. The Hall–Kier alpha value is -4.38. The van der Waals surface area contributed by atoms with Gasteiger partial charge in [0.05, 0.1) is 32.3 Å². The lowest BCUT2D eigenvalue weighted by Gasteiger charge is -2.26. The summed E-state index contributed by atoms with van der Waals surface area (Å²) in [4.78, 5) is 59.9. The maximum Gasteiger partial charge on any atom is 0.335 e. The number of hydrogen-bond donors (Lipinski definition) is 1. The summed E-state index contributed by atoms with van der Waals surface area (Å²) in [6.45, 7) is 0. The molecule has 4 rings (SSSR count). The lowest BCUT2D eigenvalue weighted by molar-refractivity contribution is -0.394. The molecule has 1 aliphatic rings. The zero-order valence-electron chi connectivity index (χ0n) is 19.5. The molecule has 1 heterocycles. The fraction of sp³-hybridized carbons (Fsp3) is 0.0417. The molecule has 1 N–H and O–H groups in total. The molecular formula is C24H14BrIN4O9. The van der Waals surface area contributed by atoms with E-state index in [4.69, 9.17) is 9.47 Å². The summed E-state index contributed by atoms with van der Waals surface area (Å²) in [6.07, 6.45) is 1.26. The van der Waals surface area contributed by atoms with E-state index < -0.39 is 39.1 Å². The summed E-state index contributed by atoms with van der Waals surface area (Å²) in [7, 11) is 1.31. The number of imide groups is 2. The summed E-state index contributed by atoms with van der Waals surface area (Å²) in [6, 6.07) is 11.3. The molecule has 39 heavy (non-hydrogen) atoms. The highest BCUT2D eigenvalue weighted by Crippen LogP contribution is 2.41. The lowest BCUT2D eigenvalue weighted by Crippen LogP contribution is -2.54. The van der Waals surface area contributed by atoms with Crippen LogP contribution in [0.5, 0.6) is 17.2 Å². The van der Waals surface area contributed by atoms with E-state index in [2.05, 4.69) is 21.2 Å². The van der Waals surface area contributed by atoms with Crippen molar-refractivity contribution in [2.24, 2.45) is 0 Å². The van der Waals surface area contributed by atoms with E-state index in [1.165, 1.54) is 37.5 Å². The number of amides is 4. The normalized spacial score (nSPS) is 14.3. The smallest absolute Gasteiger partial charge is 0.335 e. The maximum atomic E-state index is 13.2. The Balaban J connectivity index is 1.71. The Kier molecular flexibility index (Phi) is 7.91. The number of non-ortho nitro benzene ring substituents is 1. The highest BCUT2D eigenvalue weighted by atomic mass is 127. The van der Waals surface area contributed by atoms with Crippen molar-refractivity contribution in [3.63, 3.8) is 0 Å². The molecule has 0 radical (unpaired) electrons. The first-order valence-corrected chi connectivity index (χ1v) is 12.5. The van der Waals surface area contributed by atoms with Gasteiger partial charge in [-0.3, -0.25) is 35.1 Å². The molecule has 0 spiro atoms. The van der Waals surface area contributed by atoms with Gasteiger partial charge in [0.25, 0.3) is 17.5 Å². The Morgan fingerprint density at radius 3 is 2.28 bits per heavy atom. The van der Waals surface area contributed by atoms with Crippen LogP contribution in [-0.4, -0.2) is 34.8 Å². The minimum atomic E-state index is -0.898. The summed E-state index contributed by atoms with van der Waals surface area (Å²) < 4.78 is 12.2. The quantitative estimate of drug-likeness (QED) is 0.112. The maximum absolute atomic E-state index is 13.2. The van der Waals surface area contributed by atoms with Crippen molar-refractivity contribution in [2.75, 3.05) is 12.0 Å². The van der Waals surface area contributed by atoms with E-state index in [-0.39, 0.29) is 28.5 Å². The molecule has 3 aromatic rings. The molecule has 1 fully saturated rings. The van der Waals surface area contributed by atoms with Gasteiger partial charge in [0, 0.05) is 10.5 Å². The second kappa shape index (κ2) is 11.2. The summed E-state index contributed by atoms with van der Waals surface area (Å²) in [5.41, 5.74) is -0.862. The lowest BCUT2D eigenvalue weighted by atomic mass is 10.1. The van der Waals surface area contributed by atoms with E-state index in [0.29, 0.717) is 9.13 Å². The van der Waals surface area contributed by atoms with Crippen LogP contribution in [0.4, 0.5) is 21.9 Å². The van der Waals surface area contributed by atoms with Crippen molar-refractivity contribution in [3.8, 4) is 17.2 Å². The number of ether oxygens (including phenoxy) is 2. The van der Waals surface area contributed by atoms with Crippen LogP contribution in [0.1, 0.15) is 5.56 Å². The zero-order chi connectivity index (χ0) is 28.4. The first-order valence-electron chi connectivity index (χ1n) is 10.7. The molecule has 3 aromatic carbocycles. The van der Waals surface area contributed by atoms with E-state index in [0.717, 1.165) is 27.6 Å². The molecule has 13 nitrogen and oxygen atoms in total. The Labute approximate surface area is 240 Å². The van der Waals surface area contributed by atoms with Crippen LogP contribution >= 0.6 is 38.5 Å². The highest BCUT2D eigenvalue weighted by Gasteiger charge is 2.37. The van der Waals surface area contributed by atoms with Crippen LogP contribution in [0.15, 0.2) is 64.6 Å². The first-order chi connectivity index (χ1) is 18.5. The molecule has 1 aliphatic heterocycles. The summed E-state index contributed by atoms with van der Waals surface area (Å²) in [5.74, 6) is -1.86. The van der Waals surface area contributed by atoms with Crippen molar-refractivity contribution < 1.29 is 33.7 Å². The van der Waals surface area contributed by atoms with Crippen LogP contribution in [0.25, 0.3) is 6.08 Å². The van der Waals surface area contributed by atoms with E-state index >= 15 is 0 Å². The number of benzene rings is 3. The monoisotopic (exact) mass is 708 g/mol. The van der Waals surface area contributed by atoms with Crippen molar-refractivity contribution >= 4 is 79.5 Å². The van der Waals surface area contributed by atoms with Crippen LogP contribution < -0.4 is 19.7 Å². The minimum Gasteiger partial charge on any atom is -0.493 e. The third-order valence-corrected chi connectivity index (χ3v) is 6.64. The molecule has 1 saturated heterocycles. The van der Waals surface area contributed by atoms with E-state index in [1.54, 1.807) is 12.1 Å². The number of anilines is 1. The molecule has 0 bridgehead atoms. The van der Waals surface area contributed by atoms with Crippen molar-refractivity contribution in [1.82, 2.24) is 5.32 Å². The molecule has 0 atom stereocenters. The van der Waals surface area contributed by atoms with Crippen LogP contribution in [0.2, 0.25) is 0 Å². The largest absolute Gasteiger partial charge is 0.493 e. The van der Waals surface area contributed by atoms with Gasteiger partial charge in [0.2, 0.25) is 5.75 Å². The van der Waals surface area contributed by atoms with Gasteiger partial charge in [0.1, 0.15) is 5.57 Å². The van der Waals surface area contributed by atoms with Gasteiger partial charge in [-0.05, 0) is 76.7 Å². The summed E-state index contributed by atoms with van der Waals surface area (Å²) in [5, 5.41) is 24.7. The highest BCUT2D eigenvalue weighted by molar-refractivity contribution is 14.1.